The second-order valence-corrected chi connectivity index (χ2v) is 6.53. The summed E-state index contributed by atoms with van der Waals surface area (Å²) < 4.78 is 13.0. The van der Waals surface area contributed by atoms with Crippen molar-refractivity contribution in [3.05, 3.63) is 41.5 Å². The number of hydrogen-bond acceptors (Lipinski definition) is 4. The number of rotatable bonds is 5. The molecule has 0 radical (unpaired) electrons. The highest BCUT2D eigenvalue weighted by Gasteiger charge is 2.27. The molecule has 2 heterocycles. The summed E-state index contributed by atoms with van der Waals surface area (Å²) >= 11 is 1.36. The topological polar surface area (TPSA) is 61.9 Å². The Bertz CT molecular complexity index is 673. The van der Waals surface area contributed by atoms with Crippen LogP contribution in [0.15, 0.2) is 29.4 Å². The summed E-state index contributed by atoms with van der Waals surface area (Å²) in [6.07, 6.45) is 1.72. The maximum absolute atomic E-state index is 13.0. The van der Waals surface area contributed by atoms with E-state index < -0.39 is 0 Å². The number of benzene rings is 1. The lowest BCUT2D eigenvalue weighted by molar-refractivity contribution is -0.127. The van der Waals surface area contributed by atoms with E-state index in [1.165, 1.54) is 23.9 Å². The van der Waals surface area contributed by atoms with Crippen molar-refractivity contribution < 1.29 is 9.18 Å². The van der Waals surface area contributed by atoms with Gasteiger partial charge in [-0.05, 0) is 24.1 Å². The molecule has 0 aliphatic carbocycles. The standard InChI is InChI=1S/C16H19FN4OS/c1-2-14-18-16(20-19-14)23-10-15(22)21-8-7-12(9-21)11-3-5-13(17)6-4-11/h3-6,12H,2,7-10H2,1H3,(H,18,19,20). The van der Waals surface area contributed by atoms with Crippen molar-refractivity contribution in [3.63, 3.8) is 0 Å². The molecular weight excluding hydrogens is 315 g/mol. The molecule has 0 saturated carbocycles. The maximum atomic E-state index is 13.0. The molecule has 3 rings (SSSR count). The van der Waals surface area contributed by atoms with E-state index in [0.717, 1.165) is 30.8 Å². The highest BCUT2D eigenvalue weighted by Crippen LogP contribution is 2.28. The maximum Gasteiger partial charge on any atom is 0.233 e. The molecule has 7 heteroatoms. The molecule has 0 spiro atoms. The largest absolute Gasteiger partial charge is 0.341 e. The monoisotopic (exact) mass is 334 g/mol. The number of carbonyl (C=O) groups is 1. The molecule has 5 nitrogen and oxygen atoms in total. The number of hydrogen-bond donors (Lipinski definition) is 1. The number of H-pyrrole nitrogens is 1. The zero-order valence-corrected chi connectivity index (χ0v) is 13.8. The average molecular weight is 334 g/mol. The summed E-state index contributed by atoms with van der Waals surface area (Å²) in [7, 11) is 0. The Morgan fingerprint density at radius 1 is 1.43 bits per heavy atom. The molecule has 1 N–H and O–H groups in total. The Morgan fingerprint density at radius 2 is 2.22 bits per heavy atom. The molecule has 0 bridgehead atoms. The predicted octanol–water partition coefficient (Wildman–Crippen LogP) is 2.61. The van der Waals surface area contributed by atoms with E-state index in [1.54, 1.807) is 0 Å². The molecule has 1 fully saturated rings. The van der Waals surface area contributed by atoms with Gasteiger partial charge in [0.15, 0.2) is 0 Å². The molecular formula is C16H19FN4OS. The van der Waals surface area contributed by atoms with Crippen molar-refractivity contribution in [1.29, 1.82) is 0 Å². The van der Waals surface area contributed by atoms with E-state index in [1.807, 2.05) is 24.0 Å². The van der Waals surface area contributed by atoms with Crippen LogP contribution in [0.3, 0.4) is 0 Å². The summed E-state index contributed by atoms with van der Waals surface area (Å²) in [4.78, 5) is 18.5. The fraction of sp³-hybridized carbons (Fsp3) is 0.438. The number of amides is 1. The van der Waals surface area contributed by atoms with E-state index in [2.05, 4.69) is 15.2 Å². The third-order valence-corrected chi connectivity index (χ3v) is 4.89. The number of halogens is 1. The number of likely N-dealkylation sites (tertiary alicyclic amines) is 1. The third-order valence-electron chi connectivity index (χ3n) is 4.05. The van der Waals surface area contributed by atoms with Crippen molar-refractivity contribution in [2.45, 2.75) is 30.8 Å². The molecule has 1 saturated heterocycles. The van der Waals surface area contributed by atoms with Crippen LogP contribution >= 0.6 is 11.8 Å². The number of nitrogens with one attached hydrogen (secondary N) is 1. The first-order valence-electron chi connectivity index (χ1n) is 7.73. The van der Waals surface area contributed by atoms with Crippen molar-refractivity contribution >= 4 is 17.7 Å². The van der Waals surface area contributed by atoms with Gasteiger partial charge in [-0.3, -0.25) is 9.89 Å². The molecule has 1 aliphatic heterocycles. The summed E-state index contributed by atoms with van der Waals surface area (Å²) in [5.74, 6) is 1.34. The Labute approximate surface area is 138 Å². The Balaban J connectivity index is 1.51. The number of aromatic nitrogens is 3. The number of nitrogens with zero attached hydrogens (tertiary/aromatic N) is 3. The Hall–Kier alpha value is -1.89. The van der Waals surface area contributed by atoms with Crippen LogP contribution in [0.25, 0.3) is 0 Å². The van der Waals surface area contributed by atoms with Crippen LogP contribution in [0, 0.1) is 5.82 Å². The second-order valence-electron chi connectivity index (χ2n) is 5.58. The van der Waals surface area contributed by atoms with Crippen LogP contribution in [0.1, 0.15) is 30.7 Å². The predicted molar refractivity (Wildman–Crippen MR) is 86.8 cm³/mol. The van der Waals surface area contributed by atoms with Crippen LogP contribution < -0.4 is 0 Å². The molecule has 122 valence electrons. The quantitative estimate of drug-likeness (QED) is 0.854. The first-order valence-corrected chi connectivity index (χ1v) is 8.71. The summed E-state index contributed by atoms with van der Waals surface area (Å²) in [6.45, 7) is 3.44. The van der Waals surface area contributed by atoms with E-state index >= 15 is 0 Å². The molecule has 1 atom stereocenters. The first-order chi connectivity index (χ1) is 11.2. The van der Waals surface area contributed by atoms with Crippen LogP contribution in [0.2, 0.25) is 0 Å². The minimum Gasteiger partial charge on any atom is -0.341 e. The van der Waals surface area contributed by atoms with Crippen molar-refractivity contribution in [2.75, 3.05) is 18.8 Å². The molecule has 1 aromatic heterocycles. The number of carbonyl (C=O) groups excluding carboxylic acids is 1. The lowest BCUT2D eigenvalue weighted by Gasteiger charge is -2.16. The summed E-state index contributed by atoms with van der Waals surface area (Å²) in [5, 5.41) is 7.54. The van der Waals surface area contributed by atoms with Gasteiger partial charge in [-0.1, -0.05) is 30.8 Å². The van der Waals surface area contributed by atoms with Gasteiger partial charge in [0.25, 0.3) is 0 Å². The zero-order valence-electron chi connectivity index (χ0n) is 13.0. The minimum absolute atomic E-state index is 0.0995. The van der Waals surface area contributed by atoms with Crippen molar-refractivity contribution in [2.24, 2.45) is 0 Å². The molecule has 23 heavy (non-hydrogen) atoms. The number of aryl methyl sites for hydroxylation is 1. The summed E-state index contributed by atoms with van der Waals surface area (Å²) in [6, 6.07) is 6.57. The number of thioether (sulfide) groups is 1. The normalized spacial score (nSPS) is 17.7. The zero-order chi connectivity index (χ0) is 16.2. The van der Waals surface area contributed by atoms with Gasteiger partial charge >= 0.3 is 0 Å². The van der Waals surface area contributed by atoms with E-state index in [9.17, 15) is 9.18 Å². The van der Waals surface area contributed by atoms with Crippen LogP contribution in [-0.2, 0) is 11.2 Å². The smallest absolute Gasteiger partial charge is 0.233 e. The van der Waals surface area contributed by atoms with Gasteiger partial charge in [-0.25, -0.2) is 9.37 Å². The Morgan fingerprint density at radius 3 is 2.91 bits per heavy atom. The number of aromatic amines is 1. The van der Waals surface area contributed by atoms with Crippen LogP contribution in [0.5, 0.6) is 0 Å². The molecule has 1 amide bonds. The fourth-order valence-electron chi connectivity index (χ4n) is 2.71. The van der Waals surface area contributed by atoms with E-state index in [0.29, 0.717) is 23.4 Å². The third kappa shape index (κ3) is 3.90. The van der Waals surface area contributed by atoms with E-state index in [-0.39, 0.29) is 11.7 Å². The molecule has 1 aromatic carbocycles. The van der Waals surface area contributed by atoms with Gasteiger partial charge in [0.2, 0.25) is 11.1 Å². The van der Waals surface area contributed by atoms with Gasteiger partial charge in [0.1, 0.15) is 11.6 Å². The van der Waals surface area contributed by atoms with Gasteiger partial charge < -0.3 is 4.90 Å². The van der Waals surface area contributed by atoms with Crippen LogP contribution in [-0.4, -0.2) is 44.8 Å². The highest BCUT2D eigenvalue weighted by molar-refractivity contribution is 7.99. The fourth-order valence-corrected chi connectivity index (χ4v) is 3.43. The summed E-state index contributed by atoms with van der Waals surface area (Å²) in [5.41, 5.74) is 1.09. The lowest BCUT2D eigenvalue weighted by Crippen LogP contribution is -2.30. The van der Waals surface area contributed by atoms with Gasteiger partial charge in [-0.2, -0.15) is 0 Å². The Kier molecular flexibility index (Phi) is 4.95. The van der Waals surface area contributed by atoms with Gasteiger partial charge in [0, 0.05) is 25.4 Å². The second kappa shape index (κ2) is 7.12. The van der Waals surface area contributed by atoms with Gasteiger partial charge in [0.05, 0.1) is 5.75 Å². The molecule has 2 aromatic rings. The van der Waals surface area contributed by atoms with Crippen molar-refractivity contribution in [3.8, 4) is 0 Å². The average Bonchev–Trinajstić information content (AvgIpc) is 3.22. The first kappa shape index (κ1) is 16.0. The molecule has 1 unspecified atom stereocenters. The van der Waals surface area contributed by atoms with E-state index in [4.69, 9.17) is 0 Å². The lowest BCUT2D eigenvalue weighted by atomic mass is 9.99. The SMILES string of the molecule is CCc1nc(SCC(=O)N2CCC(c3ccc(F)cc3)C2)n[nH]1. The highest BCUT2D eigenvalue weighted by atomic mass is 32.2. The van der Waals surface area contributed by atoms with Gasteiger partial charge in [-0.15, -0.1) is 5.10 Å². The molecule has 1 aliphatic rings. The minimum atomic E-state index is -0.228. The van der Waals surface area contributed by atoms with Crippen LogP contribution in [0.4, 0.5) is 4.39 Å². The van der Waals surface area contributed by atoms with Crippen molar-refractivity contribution in [1.82, 2.24) is 20.1 Å².